The Hall–Kier alpha value is -2.98. The smallest absolute Gasteiger partial charge is 0.335 e. The van der Waals surface area contributed by atoms with Gasteiger partial charge in [-0.1, -0.05) is 17.7 Å². The standard InChI is InChI=1S/C27H31ClF2N4O7S2/c1-14(35)41-17(13-40-2)12-34(43(3,38)39)16-6-4-15(5-7-16)23-20(27(36)37)24(18-8-9-19(29)22(30)21(18)28)33-25(32-23)26-31-10-11-42-26/h8-11,15-17,24H,4-7,12-13H2,1-3H3,(H,32,33)(H,36,37). The summed E-state index contributed by atoms with van der Waals surface area (Å²) in [5, 5.41) is 15.1. The number of carbonyl (C=O) groups excluding carboxylic acids is 1. The lowest BCUT2D eigenvalue weighted by Gasteiger charge is -2.39. The lowest BCUT2D eigenvalue weighted by atomic mass is 9.80. The number of ether oxygens (including phenoxy) is 2. The summed E-state index contributed by atoms with van der Waals surface area (Å²) < 4.78 is 65.6. The van der Waals surface area contributed by atoms with Gasteiger partial charge in [0.1, 0.15) is 12.1 Å². The average molecular weight is 661 g/mol. The van der Waals surface area contributed by atoms with Crippen molar-refractivity contribution < 1.29 is 41.4 Å². The predicted molar refractivity (Wildman–Crippen MR) is 155 cm³/mol. The van der Waals surface area contributed by atoms with E-state index in [4.69, 9.17) is 21.1 Å². The number of methoxy groups -OCH3 is 1. The van der Waals surface area contributed by atoms with Crippen molar-refractivity contribution in [3.8, 4) is 0 Å². The maximum absolute atomic E-state index is 14.5. The molecule has 16 heteroatoms. The van der Waals surface area contributed by atoms with Crippen molar-refractivity contribution in [3.05, 3.63) is 62.2 Å². The van der Waals surface area contributed by atoms with E-state index in [1.807, 2.05) is 0 Å². The number of rotatable bonds is 11. The molecule has 1 aliphatic heterocycles. The van der Waals surface area contributed by atoms with E-state index < -0.39 is 56.8 Å². The van der Waals surface area contributed by atoms with E-state index in [9.17, 15) is 31.9 Å². The van der Waals surface area contributed by atoms with Crippen molar-refractivity contribution in [2.45, 2.75) is 50.8 Å². The van der Waals surface area contributed by atoms with Crippen molar-refractivity contribution in [1.82, 2.24) is 14.6 Å². The summed E-state index contributed by atoms with van der Waals surface area (Å²) in [6, 6.07) is 0.371. The number of nitrogens with zero attached hydrogens (tertiary/aromatic N) is 3. The van der Waals surface area contributed by atoms with E-state index in [-0.39, 0.29) is 36.0 Å². The number of esters is 1. The summed E-state index contributed by atoms with van der Waals surface area (Å²) in [4.78, 5) is 33.1. The van der Waals surface area contributed by atoms with Gasteiger partial charge in [0.15, 0.2) is 22.5 Å². The lowest BCUT2D eigenvalue weighted by molar-refractivity contribution is -0.149. The number of thiazole rings is 1. The highest BCUT2D eigenvalue weighted by Gasteiger charge is 2.40. The third-order valence-corrected chi connectivity index (χ3v) is 9.77. The number of carboxylic acid groups (broad SMARTS) is 1. The Balaban J connectivity index is 1.67. The number of aliphatic carboxylic acids is 1. The van der Waals surface area contributed by atoms with E-state index in [2.05, 4.69) is 15.3 Å². The number of hydrogen-bond donors (Lipinski definition) is 2. The Kier molecular flexibility index (Phi) is 10.5. The zero-order chi connectivity index (χ0) is 31.5. The van der Waals surface area contributed by atoms with Crippen molar-refractivity contribution >= 4 is 50.7 Å². The Morgan fingerprint density at radius 1 is 1.26 bits per heavy atom. The minimum atomic E-state index is -3.72. The number of halogens is 3. The zero-order valence-electron chi connectivity index (χ0n) is 23.6. The Bertz CT molecular complexity index is 1530. The Morgan fingerprint density at radius 2 is 1.95 bits per heavy atom. The van der Waals surface area contributed by atoms with Crippen molar-refractivity contribution in [2.75, 3.05) is 26.5 Å². The van der Waals surface area contributed by atoms with Crippen molar-refractivity contribution in [2.24, 2.45) is 10.9 Å². The highest BCUT2D eigenvalue weighted by molar-refractivity contribution is 7.88. The van der Waals surface area contributed by atoms with Crippen LogP contribution in [0.25, 0.3) is 0 Å². The molecule has 1 aromatic heterocycles. The molecule has 1 fully saturated rings. The summed E-state index contributed by atoms with van der Waals surface area (Å²) in [6.07, 6.45) is 3.35. The fraction of sp³-hybridized carbons (Fsp3) is 0.481. The molecule has 0 saturated heterocycles. The van der Waals surface area contributed by atoms with E-state index in [0.29, 0.717) is 36.4 Å². The largest absolute Gasteiger partial charge is 0.478 e. The Labute approximate surface area is 256 Å². The van der Waals surface area contributed by atoms with Crippen LogP contribution in [0.5, 0.6) is 0 Å². The number of aliphatic imine (C=N–C) groups is 1. The molecule has 0 bridgehead atoms. The van der Waals surface area contributed by atoms with Crippen LogP contribution in [0, 0.1) is 17.6 Å². The maximum Gasteiger partial charge on any atom is 0.335 e. The topological polar surface area (TPSA) is 147 Å². The summed E-state index contributed by atoms with van der Waals surface area (Å²) in [5.41, 5.74) is 0.129. The first-order valence-corrected chi connectivity index (χ1v) is 16.4. The minimum absolute atomic E-state index is 0.00647. The number of benzene rings is 1. The summed E-state index contributed by atoms with van der Waals surface area (Å²) in [6.45, 7) is 1.14. The second-order valence-electron chi connectivity index (χ2n) is 10.3. The number of aromatic nitrogens is 1. The molecule has 11 nitrogen and oxygen atoms in total. The number of sulfonamides is 1. The third kappa shape index (κ3) is 7.58. The SMILES string of the molecule is COCC(CN(C1CCC(C2=C(C(=O)O)C(c3ccc(F)c(F)c3Cl)N=C(c3nccs3)N2)CC1)S(C)(=O)=O)OC(C)=O. The van der Waals surface area contributed by atoms with Crippen LogP contribution in [0.15, 0.2) is 40.0 Å². The normalized spacial score (nSPS) is 21.7. The van der Waals surface area contributed by atoms with Crippen LogP contribution in [0.2, 0.25) is 5.02 Å². The molecule has 234 valence electrons. The first-order chi connectivity index (χ1) is 20.3. The third-order valence-electron chi connectivity index (χ3n) is 7.31. The van der Waals surface area contributed by atoms with Gasteiger partial charge >= 0.3 is 11.9 Å². The van der Waals surface area contributed by atoms with Crippen LogP contribution >= 0.6 is 22.9 Å². The van der Waals surface area contributed by atoms with Gasteiger partial charge in [0.2, 0.25) is 10.0 Å². The molecule has 1 aromatic carbocycles. The number of carbonyl (C=O) groups is 2. The number of carboxylic acids is 1. The molecule has 2 heterocycles. The number of amidine groups is 1. The van der Waals surface area contributed by atoms with Crippen molar-refractivity contribution in [1.29, 1.82) is 0 Å². The van der Waals surface area contributed by atoms with Gasteiger partial charge in [-0.3, -0.25) is 9.79 Å². The molecule has 1 aliphatic carbocycles. The van der Waals surface area contributed by atoms with Crippen LogP contribution in [-0.2, 0) is 29.1 Å². The van der Waals surface area contributed by atoms with Crippen LogP contribution < -0.4 is 5.32 Å². The van der Waals surface area contributed by atoms with Crippen LogP contribution in [0.1, 0.15) is 49.2 Å². The molecule has 2 aliphatic rings. The number of nitrogens with one attached hydrogen (secondary N) is 1. The molecule has 4 rings (SSSR count). The van der Waals surface area contributed by atoms with E-state index in [1.54, 1.807) is 11.6 Å². The summed E-state index contributed by atoms with van der Waals surface area (Å²) >= 11 is 7.42. The Morgan fingerprint density at radius 3 is 2.51 bits per heavy atom. The fourth-order valence-corrected chi connectivity index (χ4v) is 7.54. The number of hydrogen-bond acceptors (Lipinski definition) is 10. The van der Waals surface area contributed by atoms with E-state index in [1.165, 1.54) is 35.7 Å². The summed E-state index contributed by atoms with van der Waals surface area (Å²) in [5.74, 6) is -4.49. The second-order valence-corrected chi connectivity index (χ2v) is 13.5. The molecule has 0 radical (unpaired) electrons. The van der Waals surface area contributed by atoms with Gasteiger partial charge in [-0.15, -0.1) is 11.3 Å². The molecule has 2 unspecified atom stereocenters. The molecule has 2 N–H and O–H groups in total. The van der Waals surface area contributed by atoms with E-state index in [0.717, 1.165) is 12.3 Å². The van der Waals surface area contributed by atoms with Gasteiger partial charge in [0.05, 0.1) is 30.0 Å². The molecule has 2 aromatic rings. The van der Waals surface area contributed by atoms with Gasteiger partial charge in [0.25, 0.3) is 0 Å². The first-order valence-electron chi connectivity index (χ1n) is 13.3. The van der Waals surface area contributed by atoms with Crippen LogP contribution in [0.4, 0.5) is 8.78 Å². The maximum atomic E-state index is 14.5. The van der Waals surface area contributed by atoms with E-state index >= 15 is 0 Å². The average Bonchev–Trinajstić information content (AvgIpc) is 3.49. The first kappa shape index (κ1) is 32.9. The van der Waals surface area contributed by atoms with Gasteiger partial charge in [-0.2, -0.15) is 4.31 Å². The van der Waals surface area contributed by atoms with Gasteiger partial charge in [0, 0.05) is 42.9 Å². The van der Waals surface area contributed by atoms with Crippen LogP contribution in [0.3, 0.4) is 0 Å². The minimum Gasteiger partial charge on any atom is -0.478 e. The van der Waals surface area contributed by atoms with Gasteiger partial charge in [-0.25, -0.2) is 27.0 Å². The molecule has 0 spiro atoms. The number of allylic oxidation sites excluding steroid dienone is 1. The molecular formula is C27H31ClF2N4O7S2. The highest BCUT2D eigenvalue weighted by Crippen LogP contribution is 2.42. The molecule has 43 heavy (non-hydrogen) atoms. The quantitative estimate of drug-likeness (QED) is 0.270. The van der Waals surface area contributed by atoms with Gasteiger partial charge < -0.3 is 19.9 Å². The molecule has 0 amide bonds. The zero-order valence-corrected chi connectivity index (χ0v) is 25.9. The molecule has 1 saturated carbocycles. The second kappa shape index (κ2) is 13.8. The predicted octanol–water partition coefficient (Wildman–Crippen LogP) is 3.90. The molecular weight excluding hydrogens is 630 g/mol. The highest BCUT2D eigenvalue weighted by atomic mass is 35.5. The summed E-state index contributed by atoms with van der Waals surface area (Å²) in [7, 11) is -2.30. The fourth-order valence-electron chi connectivity index (χ4n) is 5.50. The van der Waals surface area contributed by atoms with Gasteiger partial charge in [-0.05, 0) is 37.7 Å². The monoisotopic (exact) mass is 660 g/mol. The van der Waals surface area contributed by atoms with Crippen molar-refractivity contribution in [3.63, 3.8) is 0 Å². The molecule has 2 atom stereocenters. The lowest BCUT2D eigenvalue weighted by Crippen LogP contribution is -2.48. The van der Waals surface area contributed by atoms with Crippen LogP contribution in [-0.4, -0.2) is 79.3 Å².